The van der Waals surface area contributed by atoms with Gasteiger partial charge in [0.15, 0.2) is 5.13 Å². The summed E-state index contributed by atoms with van der Waals surface area (Å²) < 4.78 is 0. The average molecular weight is 237 g/mol. The van der Waals surface area contributed by atoms with Crippen molar-refractivity contribution in [1.82, 2.24) is 4.98 Å². The number of anilines is 1. The van der Waals surface area contributed by atoms with E-state index in [1.165, 1.54) is 36.3 Å². The highest BCUT2D eigenvalue weighted by Crippen LogP contribution is 2.65. The molecule has 0 saturated heterocycles. The van der Waals surface area contributed by atoms with Crippen molar-refractivity contribution in [2.45, 2.75) is 43.6 Å². The second-order valence-corrected chi connectivity index (χ2v) is 6.52. The lowest BCUT2D eigenvalue weighted by Crippen LogP contribution is -2.37. The first-order chi connectivity index (χ1) is 7.48. The fraction of sp³-hybridized carbons (Fsp3) is 0.750. The Hall–Kier alpha value is -0.610. The van der Waals surface area contributed by atoms with E-state index < -0.39 is 0 Å². The molecule has 0 bridgehead atoms. The minimum atomic E-state index is 0.105. The van der Waals surface area contributed by atoms with Crippen molar-refractivity contribution in [2.24, 2.45) is 5.73 Å². The summed E-state index contributed by atoms with van der Waals surface area (Å²) in [5.41, 5.74) is 8.04. The van der Waals surface area contributed by atoms with Crippen LogP contribution in [0.5, 0.6) is 0 Å². The first-order valence-electron chi connectivity index (χ1n) is 5.93. The summed E-state index contributed by atoms with van der Waals surface area (Å²) in [6, 6.07) is 0. The number of hydrogen-bond acceptors (Lipinski definition) is 4. The van der Waals surface area contributed by atoms with Crippen LogP contribution in [0.15, 0.2) is 0 Å². The number of nitrogens with two attached hydrogens (primary N) is 1. The third-order valence-corrected chi connectivity index (χ3v) is 5.62. The van der Waals surface area contributed by atoms with Crippen LogP contribution in [0, 0.1) is 6.92 Å². The zero-order valence-corrected chi connectivity index (χ0v) is 11.0. The third-order valence-electron chi connectivity index (χ3n) is 4.09. The van der Waals surface area contributed by atoms with Gasteiger partial charge < -0.3 is 10.6 Å². The van der Waals surface area contributed by atoms with Gasteiger partial charge >= 0.3 is 0 Å². The van der Waals surface area contributed by atoms with Gasteiger partial charge in [-0.05, 0) is 32.6 Å². The summed E-state index contributed by atoms with van der Waals surface area (Å²) in [4.78, 5) is 8.19. The topological polar surface area (TPSA) is 42.2 Å². The van der Waals surface area contributed by atoms with Crippen molar-refractivity contribution < 1.29 is 0 Å². The first-order valence-corrected chi connectivity index (χ1v) is 6.74. The maximum absolute atomic E-state index is 6.44. The summed E-state index contributed by atoms with van der Waals surface area (Å²) in [5.74, 6) is 0. The van der Waals surface area contributed by atoms with Crippen molar-refractivity contribution in [1.29, 1.82) is 0 Å². The number of hydrogen-bond donors (Lipinski definition) is 1. The van der Waals surface area contributed by atoms with Crippen LogP contribution in [0.3, 0.4) is 0 Å². The van der Waals surface area contributed by atoms with E-state index in [-0.39, 0.29) is 5.54 Å². The van der Waals surface area contributed by atoms with Crippen LogP contribution in [0.4, 0.5) is 5.13 Å². The zero-order valence-electron chi connectivity index (χ0n) is 10.2. The molecule has 2 saturated carbocycles. The molecule has 88 valence electrons. The Morgan fingerprint density at radius 2 is 1.88 bits per heavy atom. The Balaban J connectivity index is 2.01. The van der Waals surface area contributed by atoms with Gasteiger partial charge in [-0.1, -0.05) is 0 Å². The fourth-order valence-corrected chi connectivity index (χ4v) is 4.05. The Morgan fingerprint density at radius 1 is 1.25 bits per heavy atom. The van der Waals surface area contributed by atoms with E-state index in [0.717, 1.165) is 5.13 Å². The van der Waals surface area contributed by atoms with Crippen molar-refractivity contribution >= 4 is 16.5 Å². The molecule has 1 aromatic rings. The van der Waals surface area contributed by atoms with E-state index in [1.807, 2.05) is 11.3 Å². The van der Waals surface area contributed by atoms with Gasteiger partial charge in [0.05, 0.1) is 5.69 Å². The van der Waals surface area contributed by atoms with E-state index in [2.05, 4.69) is 30.9 Å². The molecule has 0 amide bonds. The van der Waals surface area contributed by atoms with Crippen molar-refractivity contribution in [2.75, 3.05) is 19.0 Å². The molecule has 0 unspecified atom stereocenters. The maximum Gasteiger partial charge on any atom is 0.185 e. The molecule has 1 heterocycles. The Bertz CT molecular complexity index is 427. The molecule has 2 aliphatic rings. The van der Waals surface area contributed by atoms with Gasteiger partial charge in [-0.3, -0.25) is 0 Å². The largest absolute Gasteiger partial charge is 0.354 e. The molecule has 0 aliphatic heterocycles. The van der Waals surface area contributed by atoms with Gasteiger partial charge in [-0.15, -0.1) is 11.3 Å². The molecule has 0 radical (unpaired) electrons. The molecule has 2 fully saturated rings. The summed E-state index contributed by atoms with van der Waals surface area (Å²) in [6.07, 6.45) is 4.92. The standard InChI is InChI=1S/C12H19N3S/c1-8-9(16-10(14-8)15(2)3)11(4-5-11)12(13)6-7-12/h4-7,13H2,1-3H3. The molecule has 0 spiro atoms. The highest BCUT2D eigenvalue weighted by molar-refractivity contribution is 7.16. The zero-order chi connectivity index (χ0) is 11.6. The minimum absolute atomic E-state index is 0.105. The molecular weight excluding hydrogens is 218 g/mol. The smallest absolute Gasteiger partial charge is 0.185 e. The van der Waals surface area contributed by atoms with E-state index in [0.29, 0.717) is 5.41 Å². The number of aromatic nitrogens is 1. The van der Waals surface area contributed by atoms with Crippen LogP contribution in [0.2, 0.25) is 0 Å². The van der Waals surface area contributed by atoms with E-state index in [9.17, 15) is 0 Å². The highest BCUT2D eigenvalue weighted by Gasteiger charge is 2.65. The van der Waals surface area contributed by atoms with E-state index in [4.69, 9.17) is 5.73 Å². The van der Waals surface area contributed by atoms with Crippen molar-refractivity contribution in [3.8, 4) is 0 Å². The molecule has 2 N–H and O–H groups in total. The summed E-state index contributed by atoms with van der Waals surface area (Å²) >= 11 is 1.84. The lowest BCUT2D eigenvalue weighted by molar-refractivity contribution is 0.508. The SMILES string of the molecule is Cc1nc(N(C)C)sc1C1(C2(N)CC2)CC1. The Labute approximate surface area is 101 Å². The maximum atomic E-state index is 6.44. The molecule has 2 aliphatic carbocycles. The molecular formula is C12H19N3S. The van der Waals surface area contributed by atoms with Gasteiger partial charge in [0.1, 0.15) is 0 Å². The molecule has 4 heteroatoms. The van der Waals surface area contributed by atoms with Crippen LogP contribution in [0.25, 0.3) is 0 Å². The predicted octanol–water partition coefficient (Wildman–Crippen LogP) is 2.04. The summed E-state index contributed by atoms with van der Waals surface area (Å²) in [6.45, 7) is 2.13. The molecule has 3 rings (SSSR count). The number of rotatable bonds is 3. The number of thiazole rings is 1. The lowest BCUT2D eigenvalue weighted by Gasteiger charge is -2.21. The number of aryl methyl sites for hydroxylation is 1. The lowest BCUT2D eigenvalue weighted by atomic mass is 9.92. The normalized spacial score (nSPS) is 24.2. The molecule has 16 heavy (non-hydrogen) atoms. The first kappa shape index (κ1) is 10.5. The van der Waals surface area contributed by atoms with E-state index >= 15 is 0 Å². The van der Waals surface area contributed by atoms with Gasteiger partial charge in [0, 0.05) is 29.9 Å². The number of nitrogens with zero attached hydrogens (tertiary/aromatic N) is 2. The average Bonchev–Trinajstić information content (AvgIpc) is 3.10. The van der Waals surface area contributed by atoms with Crippen molar-refractivity contribution in [3.63, 3.8) is 0 Å². The quantitative estimate of drug-likeness (QED) is 0.874. The molecule has 1 aromatic heterocycles. The van der Waals surface area contributed by atoms with E-state index in [1.54, 1.807) is 0 Å². The Morgan fingerprint density at radius 3 is 2.25 bits per heavy atom. The molecule has 3 nitrogen and oxygen atoms in total. The highest BCUT2D eigenvalue weighted by atomic mass is 32.1. The molecule has 0 atom stereocenters. The van der Waals surface area contributed by atoms with Crippen LogP contribution in [0.1, 0.15) is 36.3 Å². The van der Waals surface area contributed by atoms with Crippen LogP contribution in [-0.4, -0.2) is 24.6 Å². The third kappa shape index (κ3) is 1.26. The van der Waals surface area contributed by atoms with Crippen LogP contribution < -0.4 is 10.6 Å². The fourth-order valence-electron chi connectivity index (χ4n) is 2.71. The van der Waals surface area contributed by atoms with Gasteiger partial charge in [-0.25, -0.2) is 4.98 Å². The minimum Gasteiger partial charge on any atom is -0.354 e. The monoisotopic (exact) mass is 237 g/mol. The Kier molecular flexibility index (Phi) is 1.97. The van der Waals surface area contributed by atoms with Crippen LogP contribution in [-0.2, 0) is 5.41 Å². The van der Waals surface area contributed by atoms with Gasteiger partial charge in [-0.2, -0.15) is 0 Å². The summed E-state index contributed by atoms with van der Waals surface area (Å²) in [5, 5.41) is 1.11. The van der Waals surface area contributed by atoms with Crippen LogP contribution >= 0.6 is 11.3 Å². The molecule has 0 aromatic carbocycles. The second-order valence-electron chi connectivity index (χ2n) is 5.54. The summed E-state index contributed by atoms with van der Waals surface area (Å²) in [7, 11) is 4.11. The second kappa shape index (κ2) is 2.99. The van der Waals surface area contributed by atoms with Gasteiger partial charge in [0.2, 0.25) is 0 Å². The van der Waals surface area contributed by atoms with Crippen molar-refractivity contribution in [3.05, 3.63) is 10.6 Å². The van der Waals surface area contributed by atoms with Gasteiger partial charge in [0.25, 0.3) is 0 Å². The predicted molar refractivity (Wildman–Crippen MR) is 68.2 cm³/mol.